The third-order valence-electron chi connectivity index (χ3n) is 4.81. The number of amides is 1. The smallest absolute Gasteiger partial charge is 0.224 e. The van der Waals surface area contributed by atoms with Crippen molar-refractivity contribution in [2.75, 3.05) is 26.8 Å². The first-order valence-corrected chi connectivity index (χ1v) is 9.31. The van der Waals surface area contributed by atoms with Crippen molar-refractivity contribution >= 4 is 5.91 Å². The van der Waals surface area contributed by atoms with E-state index in [1.54, 1.807) is 13.3 Å². The molecule has 1 aromatic heterocycles. The summed E-state index contributed by atoms with van der Waals surface area (Å²) >= 11 is 0. The van der Waals surface area contributed by atoms with Gasteiger partial charge in [0.1, 0.15) is 11.5 Å². The van der Waals surface area contributed by atoms with E-state index in [0.29, 0.717) is 25.6 Å². The Balaban J connectivity index is 1.44. The molecule has 1 aromatic carbocycles. The predicted molar refractivity (Wildman–Crippen MR) is 104 cm³/mol. The summed E-state index contributed by atoms with van der Waals surface area (Å²) in [6.45, 7) is 4.62. The van der Waals surface area contributed by atoms with E-state index in [9.17, 15) is 4.79 Å². The van der Waals surface area contributed by atoms with Crippen LogP contribution >= 0.6 is 0 Å². The normalized spacial score (nSPS) is 19.3. The molecular weight excluding hydrogens is 342 g/mol. The van der Waals surface area contributed by atoms with Crippen molar-refractivity contribution in [1.29, 1.82) is 0 Å². The van der Waals surface area contributed by atoms with Crippen LogP contribution in [0.5, 0.6) is 11.5 Å². The second-order valence-electron chi connectivity index (χ2n) is 6.97. The first-order valence-electron chi connectivity index (χ1n) is 9.31. The number of nitrogens with one attached hydrogen (secondary N) is 2. The molecule has 0 unspecified atom stereocenters. The number of benzene rings is 1. The fourth-order valence-electron chi connectivity index (χ4n) is 3.19. The van der Waals surface area contributed by atoms with Crippen LogP contribution in [0.3, 0.4) is 0 Å². The minimum absolute atomic E-state index is 0.0401. The van der Waals surface area contributed by atoms with E-state index in [0.717, 1.165) is 35.7 Å². The number of carbonyl (C=O) groups excluding carboxylic acids is 1. The van der Waals surface area contributed by atoms with Gasteiger partial charge in [0.2, 0.25) is 5.91 Å². The molecule has 1 fully saturated rings. The molecule has 1 aliphatic heterocycles. The molecule has 1 aliphatic rings. The van der Waals surface area contributed by atoms with Crippen molar-refractivity contribution in [3.8, 4) is 11.5 Å². The summed E-state index contributed by atoms with van der Waals surface area (Å²) in [7, 11) is 1.64. The van der Waals surface area contributed by atoms with Crippen molar-refractivity contribution in [3.05, 3.63) is 53.9 Å². The van der Waals surface area contributed by atoms with Crippen LogP contribution in [-0.2, 0) is 11.3 Å². The van der Waals surface area contributed by atoms with Gasteiger partial charge in [-0.1, -0.05) is 12.1 Å². The SMILES string of the molecule is COc1ccc(CNC(=O)[C@H]2CNC[C@@H](COc3ccc(C)nc3)C2)cc1. The van der Waals surface area contributed by atoms with Gasteiger partial charge in [-0.05, 0) is 43.2 Å². The first kappa shape index (κ1) is 19.2. The lowest BCUT2D eigenvalue weighted by Gasteiger charge is -2.29. The maximum atomic E-state index is 12.5. The van der Waals surface area contributed by atoms with E-state index in [1.165, 1.54) is 0 Å². The number of piperidine rings is 1. The number of aromatic nitrogens is 1. The van der Waals surface area contributed by atoms with Gasteiger partial charge in [-0.15, -0.1) is 0 Å². The van der Waals surface area contributed by atoms with Gasteiger partial charge in [0.25, 0.3) is 0 Å². The van der Waals surface area contributed by atoms with Crippen LogP contribution in [0.2, 0.25) is 0 Å². The molecule has 3 rings (SSSR count). The topological polar surface area (TPSA) is 72.5 Å². The highest BCUT2D eigenvalue weighted by Crippen LogP contribution is 2.19. The van der Waals surface area contributed by atoms with Gasteiger partial charge in [0, 0.05) is 31.2 Å². The Morgan fingerprint density at radius 3 is 2.67 bits per heavy atom. The summed E-state index contributed by atoms with van der Waals surface area (Å²) in [5.41, 5.74) is 2.02. The van der Waals surface area contributed by atoms with Gasteiger partial charge in [0.15, 0.2) is 0 Å². The summed E-state index contributed by atoms with van der Waals surface area (Å²) in [4.78, 5) is 16.8. The highest BCUT2D eigenvalue weighted by Gasteiger charge is 2.27. The summed E-state index contributed by atoms with van der Waals surface area (Å²) in [6.07, 6.45) is 2.56. The van der Waals surface area contributed by atoms with Crippen molar-refractivity contribution in [1.82, 2.24) is 15.6 Å². The molecule has 0 aliphatic carbocycles. The highest BCUT2D eigenvalue weighted by atomic mass is 16.5. The lowest BCUT2D eigenvalue weighted by atomic mass is 9.90. The number of hydrogen-bond acceptors (Lipinski definition) is 5. The Bertz CT molecular complexity index is 731. The molecule has 0 radical (unpaired) electrons. The van der Waals surface area contributed by atoms with Crippen LogP contribution in [0, 0.1) is 18.8 Å². The fraction of sp³-hybridized carbons (Fsp3) is 0.429. The first-order chi connectivity index (χ1) is 13.1. The number of nitrogens with zero attached hydrogens (tertiary/aromatic N) is 1. The minimum atomic E-state index is -0.0401. The Morgan fingerprint density at radius 1 is 1.19 bits per heavy atom. The second kappa shape index (κ2) is 9.37. The number of ether oxygens (including phenoxy) is 2. The number of rotatable bonds is 7. The molecule has 1 amide bonds. The number of methoxy groups -OCH3 is 1. The van der Waals surface area contributed by atoms with Gasteiger partial charge < -0.3 is 20.1 Å². The van der Waals surface area contributed by atoms with Crippen molar-refractivity contribution in [2.45, 2.75) is 19.9 Å². The van der Waals surface area contributed by atoms with E-state index in [2.05, 4.69) is 15.6 Å². The number of aryl methyl sites for hydroxylation is 1. The average Bonchev–Trinajstić information content (AvgIpc) is 2.72. The zero-order valence-electron chi connectivity index (χ0n) is 15.9. The van der Waals surface area contributed by atoms with Crippen LogP contribution in [0.25, 0.3) is 0 Å². The molecule has 6 heteroatoms. The third-order valence-corrected chi connectivity index (χ3v) is 4.81. The Kier molecular flexibility index (Phi) is 6.65. The van der Waals surface area contributed by atoms with Gasteiger partial charge in [-0.2, -0.15) is 0 Å². The molecule has 0 bridgehead atoms. The van der Waals surface area contributed by atoms with Crippen LogP contribution in [-0.4, -0.2) is 37.7 Å². The molecule has 0 spiro atoms. The molecule has 1 saturated heterocycles. The summed E-state index contributed by atoms with van der Waals surface area (Å²) in [6, 6.07) is 11.6. The molecule has 2 N–H and O–H groups in total. The van der Waals surface area contributed by atoms with Gasteiger partial charge in [-0.25, -0.2) is 0 Å². The monoisotopic (exact) mass is 369 g/mol. The zero-order valence-corrected chi connectivity index (χ0v) is 15.9. The summed E-state index contributed by atoms with van der Waals surface area (Å²) in [5.74, 6) is 1.93. The third kappa shape index (κ3) is 5.69. The zero-order chi connectivity index (χ0) is 19.1. The molecule has 6 nitrogen and oxygen atoms in total. The quantitative estimate of drug-likeness (QED) is 0.784. The van der Waals surface area contributed by atoms with E-state index >= 15 is 0 Å². The highest BCUT2D eigenvalue weighted by molar-refractivity contribution is 5.79. The fourth-order valence-corrected chi connectivity index (χ4v) is 3.19. The second-order valence-corrected chi connectivity index (χ2v) is 6.97. The largest absolute Gasteiger partial charge is 0.497 e. The summed E-state index contributed by atoms with van der Waals surface area (Å²) < 4.78 is 11.0. The maximum absolute atomic E-state index is 12.5. The minimum Gasteiger partial charge on any atom is -0.497 e. The molecule has 2 atom stereocenters. The molecule has 2 heterocycles. The molecular formula is C21H27N3O3. The van der Waals surface area contributed by atoms with Crippen molar-refractivity contribution in [3.63, 3.8) is 0 Å². The molecule has 0 saturated carbocycles. The molecule has 2 aromatic rings. The van der Waals surface area contributed by atoms with Crippen LogP contribution in [0.15, 0.2) is 42.6 Å². The number of hydrogen-bond donors (Lipinski definition) is 2. The van der Waals surface area contributed by atoms with E-state index in [4.69, 9.17) is 9.47 Å². The number of carbonyl (C=O) groups is 1. The Labute approximate surface area is 160 Å². The van der Waals surface area contributed by atoms with Gasteiger partial charge in [0.05, 0.1) is 25.8 Å². The van der Waals surface area contributed by atoms with Gasteiger partial charge in [-0.3, -0.25) is 9.78 Å². The van der Waals surface area contributed by atoms with E-state index in [-0.39, 0.29) is 11.8 Å². The lowest BCUT2D eigenvalue weighted by molar-refractivity contribution is -0.126. The van der Waals surface area contributed by atoms with Crippen LogP contribution in [0.4, 0.5) is 0 Å². The molecule has 144 valence electrons. The van der Waals surface area contributed by atoms with Crippen LogP contribution in [0.1, 0.15) is 17.7 Å². The van der Waals surface area contributed by atoms with Crippen LogP contribution < -0.4 is 20.1 Å². The van der Waals surface area contributed by atoms with E-state index < -0.39 is 0 Å². The Morgan fingerprint density at radius 2 is 1.96 bits per heavy atom. The predicted octanol–water partition coefficient (Wildman–Crippen LogP) is 2.32. The lowest BCUT2D eigenvalue weighted by Crippen LogP contribution is -2.45. The van der Waals surface area contributed by atoms with Gasteiger partial charge >= 0.3 is 0 Å². The number of pyridine rings is 1. The summed E-state index contributed by atoms with van der Waals surface area (Å²) in [5, 5.41) is 6.39. The standard InChI is InChI=1S/C21H27N3O3/c1-15-3-6-20(13-23-15)27-14-17-9-18(12-22-10-17)21(25)24-11-16-4-7-19(26-2)8-5-16/h3-8,13,17-18,22H,9-12,14H2,1-2H3,(H,24,25)/t17-,18+/m0/s1. The van der Waals surface area contributed by atoms with E-state index in [1.807, 2.05) is 43.3 Å². The van der Waals surface area contributed by atoms with Crippen molar-refractivity contribution < 1.29 is 14.3 Å². The Hall–Kier alpha value is -2.60. The van der Waals surface area contributed by atoms with Crippen molar-refractivity contribution in [2.24, 2.45) is 11.8 Å². The molecule has 27 heavy (non-hydrogen) atoms. The maximum Gasteiger partial charge on any atom is 0.224 e. The average molecular weight is 369 g/mol.